The fourth-order valence-electron chi connectivity index (χ4n) is 2.68. The number of esters is 4. The Kier molecular flexibility index (Phi) is 12.9. The van der Waals surface area contributed by atoms with E-state index in [2.05, 4.69) is 0 Å². The van der Waals surface area contributed by atoms with E-state index in [1.807, 2.05) is 0 Å². The topological polar surface area (TPSA) is 144 Å². The highest BCUT2D eigenvalue weighted by atomic mass is 33.1. The molecule has 178 valence electrons. The molecule has 0 amide bonds. The average molecular weight is 485 g/mol. The van der Waals surface area contributed by atoms with Gasteiger partial charge >= 0.3 is 23.9 Å². The van der Waals surface area contributed by atoms with Crippen LogP contribution in [0.5, 0.6) is 0 Å². The second-order valence-electron chi connectivity index (χ2n) is 6.31. The summed E-state index contributed by atoms with van der Waals surface area (Å²) in [7, 11) is 2.92. The Hall–Kier alpha value is -1.54. The summed E-state index contributed by atoms with van der Waals surface area (Å²) in [4.78, 5) is 46.3. The number of hydrogen-bond acceptors (Lipinski definition) is 13. The lowest BCUT2D eigenvalue weighted by Crippen LogP contribution is -2.63. The molecule has 5 atom stereocenters. The van der Waals surface area contributed by atoms with E-state index in [4.69, 9.17) is 33.5 Å². The molecule has 1 fully saturated rings. The van der Waals surface area contributed by atoms with Crippen molar-refractivity contribution in [2.75, 3.05) is 31.3 Å². The van der Waals surface area contributed by atoms with Crippen LogP contribution in [0.25, 0.3) is 0 Å². The quantitative estimate of drug-likeness (QED) is 0.177. The fraction of sp³-hybridized carbons (Fsp3) is 0.778. The molecule has 1 heterocycles. The van der Waals surface area contributed by atoms with Crippen LogP contribution in [0.3, 0.4) is 0 Å². The minimum atomic E-state index is -1.25. The van der Waals surface area contributed by atoms with Gasteiger partial charge in [-0.1, -0.05) is 21.6 Å². The summed E-state index contributed by atoms with van der Waals surface area (Å²) in [6, 6.07) is 0. The van der Waals surface area contributed by atoms with Gasteiger partial charge in [0.25, 0.3) is 0 Å². The van der Waals surface area contributed by atoms with Crippen LogP contribution in [0.2, 0.25) is 0 Å². The number of aliphatic hydroxyl groups is 1. The summed E-state index contributed by atoms with van der Waals surface area (Å²) in [5.74, 6) is -1.60. The lowest BCUT2D eigenvalue weighted by Gasteiger charge is -2.44. The average Bonchev–Trinajstić information content (AvgIpc) is 2.66. The van der Waals surface area contributed by atoms with Gasteiger partial charge in [-0.15, -0.1) is 0 Å². The molecule has 0 spiro atoms. The minimum Gasteiger partial charge on any atom is -0.463 e. The molecule has 1 aliphatic heterocycles. The highest BCUT2D eigenvalue weighted by molar-refractivity contribution is 8.76. The maximum atomic E-state index is 11.7. The Morgan fingerprint density at radius 1 is 0.806 bits per heavy atom. The van der Waals surface area contributed by atoms with E-state index in [1.165, 1.54) is 28.5 Å². The normalized spacial score (nSPS) is 25.4. The first-order valence-corrected chi connectivity index (χ1v) is 11.9. The molecule has 0 aromatic heterocycles. The number of hydrogen-bond donors (Lipinski definition) is 1. The zero-order valence-electron chi connectivity index (χ0n) is 17.8. The van der Waals surface area contributed by atoms with Gasteiger partial charge in [0, 0.05) is 39.2 Å². The molecule has 1 saturated heterocycles. The molecule has 31 heavy (non-hydrogen) atoms. The van der Waals surface area contributed by atoms with Crippen molar-refractivity contribution >= 4 is 45.5 Å². The van der Waals surface area contributed by atoms with E-state index < -0.39 is 54.6 Å². The van der Waals surface area contributed by atoms with Crippen LogP contribution in [0.4, 0.5) is 0 Å². The van der Waals surface area contributed by atoms with E-state index in [0.29, 0.717) is 11.5 Å². The van der Waals surface area contributed by atoms with E-state index in [1.54, 1.807) is 0 Å². The van der Waals surface area contributed by atoms with Crippen molar-refractivity contribution in [1.82, 2.24) is 0 Å². The monoisotopic (exact) mass is 484 g/mol. The number of rotatable bonds is 12. The summed E-state index contributed by atoms with van der Waals surface area (Å²) in [5, 5.41) is 8.81. The highest BCUT2D eigenvalue weighted by Crippen LogP contribution is 2.30. The Balaban J connectivity index is 3.07. The van der Waals surface area contributed by atoms with E-state index in [0.717, 1.165) is 20.8 Å². The van der Waals surface area contributed by atoms with Crippen LogP contribution in [0.1, 0.15) is 27.7 Å². The van der Waals surface area contributed by atoms with Gasteiger partial charge in [-0.2, -0.15) is 0 Å². The third-order valence-electron chi connectivity index (χ3n) is 3.65. The number of aliphatic hydroxyl groups excluding tert-OH is 1. The van der Waals surface area contributed by atoms with E-state index in [9.17, 15) is 19.2 Å². The molecule has 0 aliphatic carbocycles. The molecule has 0 unspecified atom stereocenters. The molecule has 11 nitrogen and oxygen atoms in total. The van der Waals surface area contributed by atoms with Crippen LogP contribution in [-0.4, -0.2) is 91.0 Å². The minimum absolute atomic E-state index is 0.0538. The third kappa shape index (κ3) is 10.5. The standard InChI is InChI=1S/C18H28O11S2/c1-10(20)25-9-14-15(26-11(2)21)16(27-12(3)22)17(28-13(4)23)18(29-14)24-6-8-31-30-7-5-19/h14-19H,5-9H2,1-4H3/t14-,15-,16+,17-,18-/m1/s1. The molecule has 13 heteroatoms. The van der Waals surface area contributed by atoms with Crippen molar-refractivity contribution in [3.63, 3.8) is 0 Å². The van der Waals surface area contributed by atoms with Gasteiger partial charge in [-0.3, -0.25) is 19.2 Å². The maximum absolute atomic E-state index is 11.7. The lowest BCUT2D eigenvalue weighted by atomic mass is 9.98. The molecule has 0 aromatic rings. The first-order chi connectivity index (χ1) is 14.6. The number of ether oxygens (including phenoxy) is 6. The van der Waals surface area contributed by atoms with Gasteiger partial charge in [-0.25, -0.2) is 0 Å². The van der Waals surface area contributed by atoms with Crippen LogP contribution in [-0.2, 0) is 47.6 Å². The van der Waals surface area contributed by atoms with Crippen molar-refractivity contribution in [2.24, 2.45) is 0 Å². The summed E-state index contributed by atoms with van der Waals surface area (Å²) in [6.45, 7) is 4.59. The van der Waals surface area contributed by atoms with Gasteiger partial charge in [0.1, 0.15) is 12.7 Å². The van der Waals surface area contributed by atoms with Crippen LogP contribution in [0, 0.1) is 0 Å². The number of carbonyl (C=O) groups is 4. The van der Waals surface area contributed by atoms with Gasteiger partial charge in [0.05, 0.1) is 13.2 Å². The summed E-state index contributed by atoms with van der Waals surface area (Å²) >= 11 is 0. The molecule has 0 bridgehead atoms. The number of carbonyl (C=O) groups excluding carboxylic acids is 4. The van der Waals surface area contributed by atoms with Gasteiger partial charge < -0.3 is 33.5 Å². The van der Waals surface area contributed by atoms with Gasteiger partial charge in [0.2, 0.25) is 0 Å². The first kappa shape index (κ1) is 27.5. The molecule has 1 aliphatic rings. The predicted molar refractivity (Wildman–Crippen MR) is 110 cm³/mol. The van der Waals surface area contributed by atoms with Crippen molar-refractivity contribution < 1.29 is 52.7 Å². The molecular formula is C18H28O11S2. The molecule has 0 saturated carbocycles. The first-order valence-electron chi connectivity index (χ1n) is 9.43. The van der Waals surface area contributed by atoms with Gasteiger partial charge in [0.15, 0.2) is 24.6 Å². The zero-order chi connectivity index (χ0) is 23.4. The smallest absolute Gasteiger partial charge is 0.303 e. The second kappa shape index (κ2) is 14.5. The van der Waals surface area contributed by atoms with Crippen molar-refractivity contribution in [3.8, 4) is 0 Å². The van der Waals surface area contributed by atoms with E-state index in [-0.39, 0.29) is 19.8 Å². The summed E-state index contributed by atoms with van der Waals surface area (Å²) < 4.78 is 32.4. The molecule has 1 rings (SSSR count). The fourth-order valence-corrected chi connectivity index (χ4v) is 4.29. The van der Waals surface area contributed by atoms with Crippen LogP contribution >= 0.6 is 21.6 Å². The Morgan fingerprint density at radius 3 is 1.90 bits per heavy atom. The zero-order valence-corrected chi connectivity index (χ0v) is 19.4. The van der Waals surface area contributed by atoms with Crippen LogP contribution < -0.4 is 0 Å². The largest absolute Gasteiger partial charge is 0.463 e. The van der Waals surface area contributed by atoms with Gasteiger partial charge in [-0.05, 0) is 0 Å². The van der Waals surface area contributed by atoms with Crippen LogP contribution in [0.15, 0.2) is 0 Å². The Morgan fingerprint density at radius 2 is 1.35 bits per heavy atom. The summed E-state index contributed by atoms with van der Waals surface area (Å²) in [6.07, 6.45) is -5.90. The maximum Gasteiger partial charge on any atom is 0.303 e. The third-order valence-corrected chi connectivity index (χ3v) is 6.00. The van der Waals surface area contributed by atoms with Crippen molar-refractivity contribution in [1.29, 1.82) is 0 Å². The molecule has 1 N–H and O–H groups in total. The lowest BCUT2D eigenvalue weighted by molar-refractivity contribution is -0.307. The second-order valence-corrected chi connectivity index (χ2v) is 9.01. The van der Waals surface area contributed by atoms with E-state index >= 15 is 0 Å². The Labute approximate surface area is 188 Å². The van der Waals surface area contributed by atoms with Crippen molar-refractivity contribution in [2.45, 2.75) is 58.4 Å². The Bertz CT molecular complexity index is 615. The SMILES string of the molecule is CC(=O)OC[C@H]1O[C@@H](OCCSSCCO)[C@H](OC(C)=O)[C@@H](OC(C)=O)[C@@H]1OC(C)=O. The molecule has 0 aromatic carbocycles. The molecular weight excluding hydrogens is 456 g/mol. The predicted octanol–water partition coefficient (Wildman–Crippen LogP) is 0.460. The summed E-state index contributed by atoms with van der Waals surface area (Å²) in [5.41, 5.74) is 0. The highest BCUT2D eigenvalue weighted by Gasteiger charge is 2.52. The van der Waals surface area contributed by atoms with Crippen molar-refractivity contribution in [3.05, 3.63) is 0 Å². The molecule has 0 radical (unpaired) electrons.